The Hall–Kier alpha value is -2.53. The van der Waals surface area contributed by atoms with Crippen LogP contribution in [0.25, 0.3) is 0 Å². The van der Waals surface area contributed by atoms with Gasteiger partial charge in [-0.2, -0.15) is 0 Å². The van der Waals surface area contributed by atoms with E-state index < -0.39 is 0 Å². The lowest BCUT2D eigenvalue weighted by molar-refractivity contribution is 0.0937. The third kappa shape index (κ3) is 3.29. The van der Waals surface area contributed by atoms with Gasteiger partial charge in [0.25, 0.3) is 5.91 Å². The number of fused-ring (bicyclic) bond motifs is 1. The molecule has 1 unspecified atom stereocenters. The number of ether oxygens (including phenoxy) is 1. The Kier molecular flexibility index (Phi) is 4.48. The maximum atomic E-state index is 12.5. The van der Waals surface area contributed by atoms with Gasteiger partial charge in [-0.05, 0) is 47.9 Å². The highest BCUT2D eigenvalue weighted by Gasteiger charge is 2.17. The van der Waals surface area contributed by atoms with Crippen molar-refractivity contribution in [3.63, 3.8) is 0 Å². The van der Waals surface area contributed by atoms with E-state index in [2.05, 4.69) is 10.6 Å². The molecule has 1 amide bonds. The molecule has 0 spiro atoms. The van der Waals surface area contributed by atoms with Crippen LogP contribution in [-0.2, 0) is 6.42 Å². The zero-order valence-corrected chi connectivity index (χ0v) is 13.1. The number of hydrogen-bond acceptors (Lipinski definition) is 4. The van der Waals surface area contributed by atoms with Crippen molar-refractivity contribution in [3.05, 3.63) is 59.2 Å². The molecule has 4 N–H and O–H groups in total. The second kappa shape index (κ2) is 6.71. The van der Waals surface area contributed by atoms with Gasteiger partial charge >= 0.3 is 0 Å². The Morgan fingerprint density at radius 3 is 3.00 bits per heavy atom. The average Bonchev–Trinajstić information content (AvgIpc) is 3.07. The molecule has 1 atom stereocenters. The predicted octanol–water partition coefficient (Wildman–Crippen LogP) is 2.09. The summed E-state index contributed by atoms with van der Waals surface area (Å²) in [4.78, 5) is 12.5. The number of methoxy groups -OCH3 is 1. The number of carbonyl (C=O) groups excluding carboxylic acids is 1. The van der Waals surface area contributed by atoms with Crippen LogP contribution < -0.4 is 21.1 Å². The average molecular weight is 311 g/mol. The molecule has 3 rings (SSSR count). The summed E-state index contributed by atoms with van der Waals surface area (Å²) in [5, 5.41) is 6.29. The van der Waals surface area contributed by atoms with Crippen LogP contribution in [0.5, 0.6) is 5.75 Å². The number of amides is 1. The van der Waals surface area contributed by atoms with E-state index in [4.69, 9.17) is 10.5 Å². The van der Waals surface area contributed by atoms with Crippen molar-refractivity contribution in [2.75, 3.05) is 25.5 Å². The zero-order valence-electron chi connectivity index (χ0n) is 13.1. The maximum absolute atomic E-state index is 12.5. The molecule has 120 valence electrons. The third-order valence-corrected chi connectivity index (χ3v) is 4.11. The second-order valence-electron chi connectivity index (χ2n) is 5.59. The van der Waals surface area contributed by atoms with Gasteiger partial charge in [-0.3, -0.25) is 4.79 Å². The van der Waals surface area contributed by atoms with Gasteiger partial charge in [-0.15, -0.1) is 0 Å². The SMILES string of the molecule is COc1cccc(C(CN)NC(=O)c2ccc3c(c2)CCN3)c1. The van der Waals surface area contributed by atoms with Crippen molar-refractivity contribution < 1.29 is 9.53 Å². The quantitative estimate of drug-likeness (QED) is 0.790. The first-order chi connectivity index (χ1) is 11.2. The van der Waals surface area contributed by atoms with Crippen molar-refractivity contribution in [2.45, 2.75) is 12.5 Å². The molecular weight excluding hydrogens is 290 g/mol. The van der Waals surface area contributed by atoms with Crippen LogP contribution in [0.15, 0.2) is 42.5 Å². The van der Waals surface area contributed by atoms with E-state index in [0.717, 1.165) is 30.0 Å². The minimum absolute atomic E-state index is 0.113. The van der Waals surface area contributed by atoms with E-state index in [-0.39, 0.29) is 11.9 Å². The molecule has 2 aromatic carbocycles. The van der Waals surface area contributed by atoms with Crippen LogP contribution in [0.1, 0.15) is 27.5 Å². The van der Waals surface area contributed by atoms with Crippen LogP contribution in [0, 0.1) is 0 Å². The van der Waals surface area contributed by atoms with E-state index in [0.29, 0.717) is 12.1 Å². The fourth-order valence-corrected chi connectivity index (χ4v) is 2.82. The molecule has 0 saturated carbocycles. The summed E-state index contributed by atoms with van der Waals surface area (Å²) in [5.74, 6) is 0.636. The van der Waals surface area contributed by atoms with Crippen molar-refractivity contribution >= 4 is 11.6 Å². The monoisotopic (exact) mass is 311 g/mol. The summed E-state index contributed by atoms with van der Waals surface area (Å²) in [7, 11) is 1.62. The topological polar surface area (TPSA) is 76.4 Å². The van der Waals surface area contributed by atoms with E-state index in [1.165, 1.54) is 5.56 Å². The number of anilines is 1. The highest BCUT2D eigenvalue weighted by Crippen LogP contribution is 2.24. The van der Waals surface area contributed by atoms with E-state index in [1.54, 1.807) is 7.11 Å². The normalized spacial score (nSPS) is 13.8. The van der Waals surface area contributed by atoms with Crippen LogP contribution in [-0.4, -0.2) is 26.1 Å². The van der Waals surface area contributed by atoms with Crippen molar-refractivity contribution in [1.82, 2.24) is 5.32 Å². The Labute approximate surface area is 135 Å². The first kappa shape index (κ1) is 15.4. The van der Waals surface area contributed by atoms with Crippen molar-refractivity contribution in [2.24, 2.45) is 5.73 Å². The summed E-state index contributed by atoms with van der Waals surface area (Å²) in [6.07, 6.45) is 0.951. The lowest BCUT2D eigenvalue weighted by Crippen LogP contribution is -2.33. The molecule has 0 saturated heterocycles. The molecule has 0 radical (unpaired) electrons. The van der Waals surface area contributed by atoms with Gasteiger partial charge in [0.2, 0.25) is 0 Å². The lowest BCUT2D eigenvalue weighted by Gasteiger charge is -2.18. The number of nitrogens with one attached hydrogen (secondary N) is 2. The van der Waals surface area contributed by atoms with Gasteiger partial charge in [0, 0.05) is 24.3 Å². The van der Waals surface area contributed by atoms with Crippen LogP contribution in [0.3, 0.4) is 0 Å². The van der Waals surface area contributed by atoms with Crippen LogP contribution in [0.2, 0.25) is 0 Å². The number of carbonyl (C=O) groups is 1. The molecule has 1 heterocycles. The summed E-state index contributed by atoms with van der Waals surface area (Å²) < 4.78 is 5.23. The van der Waals surface area contributed by atoms with Gasteiger partial charge < -0.3 is 21.1 Å². The first-order valence-corrected chi connectivity index (χ1v) is 7.73. The zero-order chi connectivity index (χ0) is 16.2. The number of nitrogens with two attached hydrogens (primary N) is 1. The van der Waals surface area contributed by atoms with Crippen molar-refractivity contribution in [1.29, 1.82) is 0 Å². The summed E-state index contributed by atoms with van der Waals surface area (Å²) in [5.41, 5.74) is 9.74. The molecule has 1 aliphatic rings. The van der Waals surface area contributed by atoms with Gasteiger partial charge in [-0.25, -0.2) is 0 Å². The van der Waals surface area contributed by atoms with E-state index in [9.17, 15) is 4.79 Å². The van der Waals surface area contributed by atoms with Crippen LogP contribution >= 0.6 is 0 Å². The largest absolute Gasteiger partial charge is 0.497 e. The van der Waals surface area contributed by atoms with E-state index >= 15 is 0 Å². The molecule has 5 nitrogen and oxygen atoms in total. The molecule has 0 fully saturated rings. The molecule has 0 aromatic heterocycles. The first-order valence-electron chi connectivity index (χ1n) is 7.73. The standard InChI is InChI=1S/C18H21N3O2/c1-23-15-4-2-3-12(10-15)17(11-19)21-18(22)14-5-6-16-13(9-14)7-8-20-16/h2-6,9-10,17,20H,7-8,11,19H2,1H3,(H,21,22). The summed E-state index contributed by atoms with van der Waals surface area (Å²) in [6.45, 7) is 1.25. The van der Waals surface area contributed by atoms with Crippen LogP contribution in [0.4, 0.5) is 5.69 Å². The highest BCUT2D eigenvalue weighted by molar-refractivity contribution is 5.95. The Morgan fingerprint density at radius 1 is 1.35 bits per heavy atom. The smallest absolute Gasteiger partial charge is 0.251 e. The number of benzene rings is 2. The van der Waals surface area contributed by atoms with E-state index in [1.807, 2.05) is 42.5 Å². The molecular formula is C18H21N3O2. The fourth-order valence-electron chi connectivity index (χ4n) is 2.82. The number of hydrogen-bond donors (Lipinski definition) is 3. The lowest BCUT2D eigenvalue weighted by atomic mass is 10.0. The second-order valence-corrected chi connectivity index (χ2v) is 5.59. The highest BCUT2D eigenvalue weighted by atomic mass is 16.5. The third-order valence-electron chi connectivity index (χ3n) is 4.11. The molecule has 2 aromatic rings. The Bertz CT molecular complexity index is 715. The molecule has 0 bridgehead atoms. The van der Waals surface area contributed by atoms with Gasteiger partial charge in [0.1, 0.15) is 5.75 Å². The maximum Gasteiger partial charge on any atom is 0.251 e. The molecule has 1 aliphatic heterocycles. The molecule has 23 heavy (non-hydrogen) atoms. The van der Waals surface area contributed by atoms with Gasteiger partial charge in [0.05, 0.1) is 13.2 Å². The summed E-state index contributed by atoms with van der Waals surface area (Å²) in [6, 6.07) is 13.1. The summed E-state index contributed by atoms with van der Waals surface area (Å²) >= 11 is 0. The molecule has 5 heteroatoms. The minimum Gasteiger partial charge on any atom is -0.497 e. The van der Waals surface area contributed by atoms with Crippen molar-refractivity contribution in [3.8, 4) is 5.75 Å². The Morgan fingerprint density at radius 2 is 2.22 bits per heavy atom. The fraction of sp³-hybridized carbons (Fsp3) is 0.278. The van der Waals surface area contributed by atoms with Gasteiger partial charge in [-0.1, -0.05) is 12.1 Å². The predicted molar refractivity (Wildman–Crippen MR) is 90.9 cm³/mol. The number of rotatable bonds is 5. The van der Waals surface area contributed by atoms with Gasteiger partial charge in [0.15, 0.2) is 0 Å². The minimum atomic E-state index is -0.246. The molecule has 0 aliphatic carbocycles. The Balaban J connectivity index is 1.77.